The van der Waals surface area contributed by atoms with Crippen molar-refractivity contribution in [3.63, 3.8) is 0 Å². The molecule has 2 aromatic rings. The van der Waals surface area contributed by atoms with Crippen LogP contribution in [0.3, 0.4) is 0 Å². The maximum absolute atomic E-state index is 12.0. The molecule has 0 unspecified atom stereocenters. The minimum Gasteiger partial charge on any atom is -0.326 e. The van der Waals surface area contributed by atoms with E-state index in [0.29, 0.717) is 16.3 Å². The monoisotopic (exact) mass is 451 g/mol. The van der Waals surface area contributed by atoms with Gasteiger partial charge in [-0.1, -0.05) is 39.7 Å². The van der Waals surface area contributed by atoms with Crippen molar-refractivity contribution in [2.75, 3.05) is 5.32 Å². The number of anilines is 1. The summed E-state index contributed by atoms with van der Waals surface area (Å²) < 4.78 is 0.800. The van der Waals surface area contributed by atoms with E-state index in [-0.39, 0.29) is 18.7 Å². The Hall–Kier alpha value is -2.38. The fourth-order valence-electron chi connectivity index (χ4n) is 2.18. The first-order chi connectivity index (χ1) is 12.8. The molecule has 0 aromatic heterocycles. The quantitative estimate of drug-likeness (QED) is 0.601. The number of hydrogen-bond acceptors (Lipinski definition) is 3. The highest BCUT2D eigenvalue weighted by atomic mass is 79.9. The van der Waals surface area contributed by atoms with Gasteiger partial charge in [-0.25, -0.2) is 0 Å². The zero-order valence-corrected chi connectivity index (χ0v) is 17.2. The van der Waals surface area contributed by atoms with Crippen molar-refractivity contribution in [1.29, 1.82) is 0 Å². The summed E-state index contributed by atoms with van der Waals surface area (Å²) in [7, 11) is 0. The summed E-state index contributed by atoms with van der Waals surface area (Å²) in [6.45, 7) is 3.70. The summed E-state index contributed by atoms with van der Waals surface area (Å²) in [5.41, 5.74) is 7.39. The van der Waals surface area contributed by atoms with E-state index in [2.05, 4.69) is 32.1 Å². The van der Waals surface area contributed by atoms with Gasteiger partial charge in [0, 0.05) is 33.6 Å². The predicted molar refractivity (Wildman–Crippen MR) is 109 cm³/mol. The highest BCUT2D eigenvalue weighted by Crippen LogP contribution is 2.23. The zero-order chi connectivity index (χ0) is 20.0. The van der Waals surface area contributed by atoms with Crippen LogP contribution in [0.25, 0.3) is 0 Å². The Kier molecular flexibility index (Phi) is 7.38. The lowest BCUT2D eigenvalue weighted by atomic mass is 10.1. The van der Waals surface area contributed by atoms with Crippen LogP contribution >= 0.6 is 27.5 Å². The summed E-state index contributed by atoms with van der Waals surface area (Å²) in [6, 6.07) is 10.3. The van der Waals surface area contributed by atoms with Gasteiger partial charge >= 0.3 is 0 Å². The first kappa shape index (κ1) is 20.9. The van der Waals surface area contributed by atoms with E-state index in [1.54, 1.807) is 43.3 Å². The standard InChI is InChI=1S/C19H19BrClN3O3/c1-11-6-7-13(10-14(11)20)19(27)24-23-18(26)9-8-17(25)22-16-5-3-4-15(21)12(16)2/h3-7,10H,8-9H2,1-2H3,(H,22,25)(H,23,26)(H,24,27). The lowest BCUT2D eigenvalue weighted by Crippen LogP contribution is -2.41. The third-order valence-electron chi connectivity index (χ3n) is 3.87. The Bertz CT molecular complexity index is 886. The first-order valence-corrected chi connectivity index (χ1v) is 9.35. The number of nitrogens with one attached hydrogen (secondary N) is 3. The number of carbonyl (C=O) groups is 3. The molecule has 0 atom stereocenters. The lowest BCUT2D eigenvalue weighted by molar-refractivity contribution is -0.124. The van der Waals surface area contributed by atoms with Crippen LogP contribution in [0, 0.1) is 13.8 Å². The second kappa shape index (κ2) is 9.53. The molecule has 0 radical (unpaired) electrons. The third-order valence-corrected chi connectivity index (χ3v) is 5.13. The normalized spacial score (nSPS) is 10.2. The van der Waals surface area contributed by atoms with Gasteiger partial charge in [0.1, 0.15) is 0 Å². The predicted octanol–water partition coefficient (Wildman–Crippen LogP) is 3.90. The van der Waals surface area contributed by atoms with E-state index < -0.39 is 11.8 Å². The SMILES string of the molecule is Cc1ccc(C(=O)NNC(=O)CCC(=O)Nc2cccc(Cl)c2C)cc1Br. The van der Waals surface area contributed by atoms with E-state index >= 15 is 0 Å². The van der Waals surface area contributed by atoms with Gasteiger partial charge in [-0.3, -0.25) is 25.2 Å². The Morgan fingerprint density at radius 3 is 2.41 bits per heavy atom. The maximum atomic E-state index is 12.0. The van der Waals surface area contributed by atoms with Gasteiger partial charge in [0.15, 0.2) is 0 Å². The van der Waals surface area contributed by atoms with E-state index in [4.69, 9.17) is 11.6 Å². The van der Waals surface area contributed by atoms with Crippen LogP contribution in [0.5, 0.6) is 0 Å². The van der Waals surface area contributed by atoms with Crippen LogP contribution in [-0.4, -0.2) is 17.7 Å². The highest BCUT2D eigenvalue weighted by molar-refractivity contribution is 9.10. The number of rotatable bonds is 5. The average molecular weight is 453 g/mol. The molecule has 0 aliphatic rings. The molecular formula is C19H19BrClN3O3. The van der Waals surface area contributed by atoms with Gasteiger partial charge in [-0.2, -0.15) is 0 Å². The molecule has 0 spiro atoms. The third kappa shape index (κ3) is 6.08. The number of benzene rings is 2. The van der Waals surface area contributed by atoms with Gasteiger partial charge in [-0.15, -0.1) is 0 Å². The van der Waals surface area contributed by atoms with Crippen LogP contribution < -0.4 is 16.2 Å². The Morgan fingerprint density at radius 2 is 1.70 bits per heavy atom. The van der Waals surface area contributed by atoms with Gasteiger partial charge in [0.05, 0.1) is 0 Å². The van der Waals surface area contributed by atoms with Crippen LogP contribution in [0.4, 0.5) is 5.69 Å². The lowest BCUT2D eigenvalue weighted by Gasteiger charge is -2.10. The maximum Gasteiger partial charge on any atom is 0.269 e. The fourth-order valence-corrected chi connectivity index (χ4v) is 2.73. The molecule has 27 heavy (non-hydrogen) atoms. The molecule has 0 saturated heterocycles. The second-order valence-electron chi connectivity index (χ2n) is 5.93. The number of carbonyl (C=O) groups excluding carboxylic acids is 3. The number of hydrazine groups is 1. The van der Waals surface area contributed by atoms with Crippen LogP contribution in [0.15, 0.2) is 40.9 Å². The van der Waals surface area contributed by atoms with Crippen molar-refractivity contribution in [2.24, 2.45) is 0 Å². The van der Waals surface area contributed by atoms with E-state index in [1.807, 2.05) is 6.92 Å². The minimum absolute atomic E-state index is 0.0241. The second-order valence-corrected chi connectivity index (χ2v) is 7.19. The first-order valence-electron chi connectivity index (χ1n) is 8.18. The van der Waals surface area contributed by atoms with Crippen LogP contribution in [0.1, 0.15) is 34.3 Å². The number of aryl methyl sites for hydroxylation is 1. The number of hydrogen-bond donors (Lipinski definition) is 3. The largest absolute Gasteiger partial charge is 0.326 e. The van der Waals surface area contributed by atoms with Crippen molar-refractivity contribution >= 4 is 50.9 Å². The molecule has 0 saturated carbocycles. The smallest absolute Gasteiger partial charge is 0.269 e. The van der Waals surface area contributed by atoms with Crippen molar-refractivity contribution in [3.8, 4) is 0 Å². The van der Waals surface area contributed by atoms with E-state index in [0.717, 1.165) is 15.6 Å². The molecule has 8 heteroatoms. The van der Waals surface area contributed by atoms with Crippen molar-refractivity contribution < 1.29 is 14.4 Å². The topological polar surface area (TPSA) is 87.3 Å². The van der Waals surface area contributed by atoms with Crippen molar-refractivity contribution in [3.05, 3.63) is 62.6 Å². The zero-order valence-electron chi connectivity index (χ0n) is 14.9. The van der Waals surface area contributed by atoms with Crippen molar-refractivity contribution in [1.82, 2.24) is 10.9 Å². The molecule has 0 fully saturated rings. The van der Waals surface area contributed by atoms with Gasteiger partial charge < -0.3 is 5.32 Å². The van der Waals surface area contributed by atoms with Gasteiger partial charge in [0.25, 0.3) is 5.91 Å². The Morgan fingerprint density at radius 1 is 1.00 bits per heavy atom. The molecule has 0 aliphatic heterocycles. The average Bonchev–Trinajstić information content (AvgIpc) is 2.64. The molecular weight excluding hydrogens is 434 g/mol. The summed E-state index contributed by atoms with van der Waals surface area (Å²) in [4.78, 5) is 35.8. The number of halogens is 2. The van der Waals surface area contributed by atoms with Crippen LogP contribution in [-0.2, 0) is 9.59 Å². The molecule has 0 bridgehead atoms. The van der Waals surface area contributed by atoms with Gasteiger partial charge in [0.2, 0.25) is 11.8 Å². The molecule has 0 heterocycles. The Labute approximate surface area is 170 Å². The number of amides is 3. The summed E-state index contributed by atoms with van der Waals surface area (Å²) in [6.07, 6.45) is -0.0902. The molecule has 0 aliphatic carbocycles. The Balaban J connectivity index is 1.78. The minimum atomic E-state index is -0.465. The van der Waals surface area contributed by atoms with Crippen LogP contribution in [0.2, 0.25) is 5.02 Å². The molecule has 6 nitrogen and oxygen atoms in total. The molecule has 2 rings (SSSR count). The van der Waals surface area contributed by atoms with E-state index in [1.165, 1.54) is 0 Å². The van der Waals surface area contributed by atoms with E-state index in [9.17, 15) is 14.4 Å². The van der Waals surface area contributed by atoms with Crippen molar-refractivity contribution in [2.45, 2.75) is 26.7 Å². The molecule has 2 aromatic carbocycles. The van der Waals surface area contributed by atoms with Gasteiger partial charge in [-0.05, 0) is 49.2 Å². The summed E-state index contributed by atoms with van der Waals surface area (Å²) in [5, 5.41) is 3.26. The fraction of sp³-hybridized carbons (Fsp3) is 0.211. The molecule has 3 amide bonds. The molecule has 3 N–H and O–H groups in total. The summed E-state index contributed by atoms with van der Waals surface area (Å²) >= 11 is 9.36. The highest BCUT2D eigenvalue weighted by Gasteiger charge is 2.11. The molecule has 142 valence electrons. The summed E-state index contributed by atoms with van der Waals surface area (Å²) in [5.74, 6) is -1.22.